The van der Waals surface area contributed by atoms with Gasteiger partial charge in [-0.05, 0) is 43.7 Å². The quantitative estimate of drug-likeness (QED) is 0.867. The lowest BCUT2D eigenvalue weighted by molar-refractivity contribution is 0.0243. The van der Waals surface area contributed by atoms with Crippen LogP contribution in [0.25, 0.3) is 0 Å². The second-order valence-electron chi connectivity index (χ2n) is 6.07. The summed E-state index contributed by atoms with van der Waals surface area (Å²) in [4.78, 5) is 2.73. The maximum absolute atomic E-state index is 6.18. The Morgan fingerprint density at radius 3 is 2.50 bits per heavy atom. The van der Waals surface area contributed by atoms with E-state index in [-0.39, 0.29) is 0 Å². The lowest BCUT2D eigenvalue weighted by atomic mass is 9.81. The molecule has 2 heteroatoms. The zero-order chi connectivity index (χ0) is 12.5. The molecule has 0 aliphatic carbocycles. The van der Waals surface area contributed by atoms with Gasteiger partial charge in [0.2, 0.25) is 0 Å². The van der Waals surface area contributed by atoms with Gasteiger partial charge in [-0.3, -0.25) is 4.90 Å². The minimum Gasteiger partial charge on any atom is -0.328 e. The molecule has 2 nitrogen and oxygen atoms in total. The highest BCUT2D eigenvalue weighted by Gasteiger charge is 2.36. The summed E-state index contributed by atoms with van der Waals surface area (Å²) >= 11 is 0. The minimum absolute atomic E-state index is 0.438. The number of hydrogen-bond acceptors (Lipinski definition) is 2. The number of fused-ring (bicyclic) bond motifs is 2. The van der Waals surface area contributed by atoms with Crippen LogP contribution in [0.2, 0.25) is 0 Å². The number of rotatable bonds is 2. The number of piperidine rings is 2. The predicted octanol–water partition coefficient (Wildman–Crippen LogP) is 2.84. The van der Waals surface area contributed by atoms with Crippen molar-refractivity contribution in [3.8, 4) is 0 Å². The Bertz CT molecular complexity index is 401. The molecule has 2 bridgehead atoms. The van der Waals surface area contributed by atoms with Crippen LogP contribution in [-0.2, 0) is 6.54 Å². The van der Waals surface area contributed by atoms with Gasteiger partial charge in [0, 0.05) is 24.7 Å². The molecule has 3 rings (SSSR count). The zero-order valence-electron chi connectivity index (χ0n) is 11.3. The molecule has 1 aromatic carbocycles. The van der Waals surface area contributed by atoms with E-state index in [9.17, 15) is 0 Å². The third-order valence-electron chi connectivity index (χ3n) is 4.78. The van der Waals surface area contributed by atoms with Crippen LogP contribution in [0.3, 0.4) is 0 Å². The van der Waals surface area contributed by atoms with Gasteiger partial charge < -0.3 is 5.73 Å². The Morgan fingerprint density at radius 2 is 1.83 bits per heavy atom. The van der Waals surface area contributed by atoms with Crippen LogP contribution in [0.4, 0.5) is 0 Å². The van der Waals surface area contributed by atoms with E-state index >= 15 is 0 Å². The normalized spacial score (nSPS) is 32.4. The van der Waals surface area contributed by atoms with Crippen molar-refractivity contribution in [1.29, 1.82) is 0 Å². The van der Waals surface area contributed by atoms with Crippen molar-refractivity contribution in [3.63, 3.8) is 0 Å². The van der Waals surface area contributed by atoms with Gasteiger partial charge in [0.25, 0.3) is 0 Å². The van der Waals surface area contributed by atoms with Gasteiger partial charge in [0.15, 0.2) is 0 Å². The Balaban J connectivity index is 1.78. The Kier molecular flexibility index (Phi) is 3.40. The first-order valence-electron chi connectivity index (χ1n) is 7.30. The summed E-state index contributed by atoms with van der Waals surface area (Å²) in [6, 6.07) is 10.7. The van der Waals surface area contributed by atoms with E-state index in [1.807, 2.05) is 0 Å². The summed E-state index contributed by atoms with van der Waals surface area (Å²) in [6.45, 7) is 3.34. The third-order valence-corrected chi connectivity index (χ3v) is 4.78. The molecule has 2 atom stereocenters. The van der Waals surface area contributed by atoms with Crippen LogP contribution in [0.1, 0.15) is 43.2 Å². The van der Waals surface area contributed by atoms with Crippen molar-refractivity contribution < 1.29 is 0 Å². The summed E-state index contributed by atoms with van der Waals surface area (Å²) in [7, 11) is 0. The Morgan fingerprint density at radius 1 is 1.17 bits per heavy atom. The smallest absolute Gasteiger partial charge is 0.0242 e. The van der Waals surface area contributed by atoms with Crippen LogP contribution in [-0.4, -0.2) is 23.0 Å². The highest BCUT2D eigenvalue weighted by Crippen LogP contribution is 2.34. The van der Waals surface area contributed by atoms with Gasteiger partial charge in [-0.1, -0.05) is 30.7 Å². The fourth-order valence-corrected chi connectivity index (χ4v) is 3.76. The van der Waals surface area contributed by atoms with Gasteiger partial charge in [0.05, 0.1) is 0 Å². The van der Waals surface area contributed by atoms with E-state index in [1.165, 1.54) is 43.2 Å². The van der Waals surface area contributed by atoms with Gasteiger partial charge in [-0.15, -0.1) is 0 Å². The highest BCUT2D eigenvalue weighted by molar-refractivity contribution is 5.25. The van der Waals surface area contributed by atoms with Crippen LogP contribution >= 0.6 is 0 Å². The first-order chi connectivity index (χ1) is 8.74. The molecule has 18 heavy (non-hydrogen) atoms. The molecule has 1 aromatic rings. The van der Waals surface area contributed by atoms with Crippen LogP contribution in [0.15, 0.2) is 24.3 Å². The predicted molar refractivity (Wildman–Crippen MR) is 75.4 cm³/mol. The molecular weight excluding hydrogens is 220 g/mol. The number of aryl methyl sites for hydroxylation is 1. The maximum Gasteiger partial charge on any atom is 0.0242 e. The molecule has 0 spiro atoms. The van der Waals surface area contributed by atoms with Gasteiger partial charge in [-0.25, -0.2) is 0 Å². The molecule has 2 aliphatic heterocycles. The molecule has 2 heterocycles. The van der Waals surface area contributed by atoms with E-state index in [0.717, 1.165) is 18.6 Å². The lowest BCUT2D eigenvalue weighted by Gasteiger charge is -2.48. The van der Waals surface area contributed by atoms with Crippen molar-refractivity contribution in [3.05, 3.63) is 35.4 Å². The fourth-order valence-electron chi connectivity index (χ4n) is 3.76. The molecular formula is C16H24N2. The number of nitrogens with zero attached hydrogens (tertiary/aromatic N) is 1. The van der Waals surface area contributed by atoms with Crippen LogP contribution < -0.4 is 5.73 Å². The lowest BCUT2D eigenvalue weighted by Crippen LogP contribution is -2.54. The molecule has 2 N–H and O–H groups in total. The van der Waals surface area contributed by atoms with Gasteiger partial charge in [0.1, 0.15) is 0 Å². The number of hydrogen-bond donors (Lipinski definition) is 1. The standard InChI is InChI=1S/C16H24N2/c1-12-5-2-3-6-13(12)11-18-15-7-4-8-16(18)10-14(17)9-15/h2-3,5-6,14-16H,4,7-11,17H2,1H3. The summed E-state index contributed by atoms with van der Waals surface area (Å²) < 4.78 is 0. The van der Waals surface area contributed by atoms with Crippen molar-refractivity contribution >= 4 is 0 Å². The Hall–Kier alpha value is -0.860. The monoisotopic (exact) mass is 244 g/mol. The molecule has 2 unspecified atom stereocenters. The summed E-state index contributed by atoms with van der Waals surface area (Å²) in [6.07, 6.45) is 6.48. The van der Waals surface area contributed by atoms with Gasteiger partial charge in [-0.2, -0.15) is 0 Å². The van der Waals surface area contributed by atoms with E-state index < -0.39 is 0 Å². The maximum atomic E-state index is 6.18. The topological polar surface area (TPSA) is 29.3 Å². The molecule has 0 amide bonds. The zero-order valence-corrected chi connectivity index (χ0v) is 11.3. The number of benzene rings is 1. The summed E-state index contributed by atoms with van der Waals surface area (Å²) in [5, 5.41) is 0. The average Bonchev–Trinajstić information content (AvgIpc) is 2.33. The van der Waals surface area contributed by atoms with Crippen LogP contribution in [0, 0.1) is 6.92 Å². The first-order valence-corrected chi connectivity index (χ1v) is 7.30. The Labute approximate surface area is 110 Å². The van der Waals surface area contributed by atoms with Crippen molar-refractivity contribution in [2.75, 3.05) is 0 Å². The third kappa shape index (κ3) is 2.32. The molecule has 0 aromatic heterocycles. The summed E-state index contributed by atoms with van der Waals surface area (Å²) in [5.41, 5.74) is 9.10. The molecule has 0 saturated carbocycles. The number of nitrogens with two attached hydrogens (primary N) is 1. The molecule has 2 aliphatic rings. The average molecular weight is 244 g/mol. The second-order valence-corrected chi connectivity index (χ2v) is 6.07. The SMILES string of the molecule is Cc1ccccc1CN1C2CCCC1CC(N)C2. The molecule has 2 fully saturated rings. The molecule has 0 radical (unpaired) electrons. The minimum atomic E-state index is 0.438. The largest absolute Gasteiger partial charge is 0.328 e. The second kappa shape index (κ2) is 5.02. The summed E-state index contributed by atoms with van der Waals surface area (Å²) in [5.74, 6) is 0. The van der Waals surface area contributed by atoms with Crippen molar-refractivity contribution in [2.45, 2.75) is 63.7 Å². The van der Waals surface area contributed by atoms with Crippen molar-refractivity contribution in [2.24, 2.45) is 5.73 Å². The van der Waals surface area contributed by atoms with E-state index in [0.29, 0.717) is 6.04 Å². The fraction of sp³-hybridized carbons (Fsp3) is 0.625. The van der Waals surface area contributed by atoms with E-state index in [4.69, 9.17) is 5.73 Å². The molecule has 2 saturated heterocycles. The first kappa shape index (κ1) is 12.2. The van der Waals surface area contributed by atoms with E-state index in [2.05, 4.69) is 36.1 Å². The van der Waals surface area contributed by atoms with Gasteiger partial charge >= 0.3 is 0 Å². The van der Waals surface area contributed by atoms with Crippen LogP contribution in [0.5, 0.6) is 0 Å². The van der Waals surface area contributed by atoms with Crippen molar-refractivity contribution in [1.82, 2.24) is 4.90 Å². The molecule has 98 valence electrons. The van der Waals surface area contributed by atoms with E-state index in [1.54, 1.807) is 0 Å². The highest BCUT2D eigenvalue weighted by atomic mass is 15.2.